The molecule has 0 heterocycles. The van der Waals surface area contributed by atoms with Crippen LogP contribution in [-0.4, -0.2) is 35.8 Å². The molecule has 0 fully saturated rings. The molecule has 0 saturated heterocycles. The molecule has 0 saturated carbocycles. The molecule has 3 atom stereocenters. The molecule has 3 aromatic rings. The quantitative estimate of drug-likeness (QED) is 0.306. The van der Waals surface area contributed by atoms with Crippen LogP contribution >= 0.6 is 0 Å². The zero-order valence-electron chi connectivity index (χ0n) is 22.4. The van der Waals surface area contributed by atoms with Crippen LogP contribution in [0.5, 0.6) is 0 Å². The van der Waals surface area contributed by atoms with Crippen molar-refractivity contribution in [2.45, 2.75) is 51.9 Å². The number of Topliss-reactive ketones (excluding diaryl/α,β-unsaturated/α-hetero) is 1. The Morgan fingerprint density at radius 1 is 0.692 bits per heavy atom. The minimum absolute atomic E-state index is 0.0409. The number of rotatable bonds is 12. The molecular weight excluding hydrogens is 494 g/mol. The highest BCUT2D eigenvalue weighted by Gasteiger charge is 2.33. The third-order valence-corrected chi connectivity index (χ3v) is 6.22. The van der Waals surface area contributed by atoms with E-state index >= 15 is 0 Å². The topological polar surface area (TPSA) is 114 Å². The molecule has 3 aromatic carbocycles. The predicted octanol–water partition coefficient (Wildman–Crippen LogP) is 4.11. The maximum Gasteiger partial charge on any atom is 0.408 e. The smallest absolute Gasteiger partial charge is 0.408 e. The van der Waals surface area contributed by atoms with Crippen molar-refractivity contribution in [2.24, 2.45) is 5.92 Å². The second kappa shape index (κ2) is 14.5. The third-order valence-electron chi connectivity index (χ3n) is 6.22. The van der Waals surface area contributed by atoms with E-state index in [0.29, 0.717) is 0 Å². The first-order valence-electron chi connectivity index (χ1n) is 13.0. The van der Waals surface area contributed by atoms with Crippen LogP contribution in [0, 0.1) is 5.92 Å². The van der Waals surface area contributed by atoms with E-state index in [-0.39, 0.29) is 18.9 Å². The van der Waals surface area contributed by atoms with Gasteiger partial charge in [0.1, 0.15) is 12.6 Å². The van der Waals surface area contributed by atoms with Gasteiger partial charge in [0.25, 0.3) is 5.91 Å². The first-order chi connectivity index (χ1) is 18.7. The maximum atomic E-state index is 13.4. The van der Waals surface area contributed by atoms with E-state index in [0.717, 1.165) is 16.7 Å². The summed E-state index contributed by atoms with van der Waals surface area (Å²) in [6.45, 7) is 5.30. The molecule has 0 radical (unpaired) electrons. The molecule has 0 aliphatic rings. The van der Waals surface area contributed by atoms with Crippen LogP contribution in [-0.2, 0) is 32.1 Å². The molecule has 0 unspecified atom stereocenters. The van der Waals surface area contributed by atoms with Crippen molar-refractivity contribution in [3.63, 3.8) is 0 Å². The maximum absolute atomic E-state index is 13.4. The molecule has 3 rings (SSSR count). The Bertz CT molecular complexity index is 1230. The van der Waals surface area contributed by atoms with Gasteiger partial charge in [-0.3, -0.25) is 14.4 Å². The summed E-state index contributed by atoms with van der Waals surface area (Å²) in [5.41, 5.74) is 2.46. The van der Waals surface area contributed by atoms with Crippen LogP contribution in [0.25, 0.3) is 0 Å². The van der Waals surface area contributed by atoms with Crippen molar-refractivity contribution in [3.05, 3.63) is 108 Å². The number of carbonyl (C=O) groups excluding carboxylic acids is 4. The van der Waals surface area contributed by atoms with E-state index in [1.165, 1.54) is 0 Å². The zero-order chi connectivity index (χ0) is 28.2. The Labute approximate surface area is 229 Å². The van der Waals surface area contributed by atoms with Crippen LogP contribution in [0.15, 0.2) is 91.0 Å². The van der Waals surface area contributed by atoms with Crippen molar-refractivity contribution < 1.29 is 23.9 Å². The van der Waals surface area contributed by atoms with Crippen molar-refractivity contribution in [3.8, 4) is 0 Å². The zero-order valence-corrected chi connectivity index (χ0v) is 22.4. The van der Waals surface area contributed by atoms with E-state index in [9.17, 15) is 19.2 Å². The summed E-state index contributed by atoms with van der Waals surface area (Å²) in [7, 11) is 0. The third kappa shape index (κ3) is 9.10. The molecule has 39 heavy (non-hydrogen) atoms. The fourth-order valence-corrected chi connectivity index (χ4v) is 3.99. The van der Waals surface area contributed by atoms with Crippen LogP contribution in [0.3, 0.4) is 0 Å². The van der Waals surface area contributed by atoms with Gasteiger partial charge in [0.05, 0.1) is 12.1 Å². The van der Waals surface area contributed by atoms with Gasteiger partial charge in [-0.25, -0.2) is 4.79 Å². The summed E-state index contributed by atoms with van der Waals surface area (Å²) >= 11 is 0. The Kier molecular flexibility index (Phi) is 10.8. The summed E-state index contributed by atoms with van der Waals surface area (Å²) in [6.07, 6.45) is -0.597. The van der Waals surface area contributed by atoms with Crippen LogP contribution < -0.4 is 16.0 Å². The average Bonchev–Trinajstić information content (AvgIpc) is 2.95. The number of hydrogen-bond donors (Lipinski definition) is 3. The first-order valence-corrected chi connectivity index (χ1v) is 13.0. The van der Waals surface area contributed by atoms with E-state index in [4.69, 9.17) is 4.74 Å². The van der Waals surface area contributed by atoms with Crippen molar-refractivity contribution in [1.82, 2.24) is 16.0 Å². The van der Waals surface area contributed by atoms with Gasteiger partial charge in [-0.05, 0) is 29.5 Å². The van der Waals surface area contributed by atoms with Crippen molar-refractivity contribution >= 4 is 23.7 Å². The van der Waals surface area contributed by atoms with Gasteiger partial charge in [0.2, 0.25) is 11.7 Å². The lowest BCUT2D eigenvalue weighted by molar-refractivity contribution is -0.141. The summed E-state index contributed by atoms with van der Waals surface area (Å²) in [6, 6.07) is 25.1. The van der Waals surface area contributed by atoms with E-state index < -0.39 is 41.8 Å². The number of alkyl carbamates (subject to hydrolysis) is 1. The Morgan fingerprint density at radius 3 is 1.79 bits per heavy atom. The monoisotopic (exact) mass is 529 g/mol. The summed E-state index contributed by atoms with van der Waals surface area (Å²) in [5.74, 6) is -2.51. The minimum Gasteiger partial charge on any atom is -0.445 e. The Balaban J connectivity index is 1.69. The molecule has 0 aromatic heterocycles. The fraction of sp³-hybridized carbons (Fsp3) is 0.290. The molecule has 3 amide bonds. The van der Waals surface area contributed by atoms with Gasteiger partial charge in [0, 0.05) is 6.42 Å². The van der Waals surface area contributed by atoms with Crippen LogP contribution in [0.4, 0.5) is 4.79 Å². The second-order valence-corrected chi connectivity index (χ2v) is 9.65. The lowest BCUT2D eigenvalue weighted by Gasteiger charge is -2.25. The standard InChI is InChI=1S/C31H35N3O5/c1-21(2)27(28(35)30(37)32-22(3)25-17-11-6-12-18-25)34-29(36)26(19-23-13-7-4-8-14-23)33-31(38)39-20-24-15-9-5-10-16-24/h4-18,21-22,26-27H,19-20H2,1-3H3,(H,32,37)(H,33,38)(H,34,36)/t22-,26+,27+/m1/s1. The molecule has 0 aliphatic carbocycles. The normalized spacial score (nSPS) is 13.0. The van der Waals surface area contributed by atoms with E-state index in [1.54, 1.807) is 20.8 Å². The Morgan fingerprint density at radius 2 is 1.23 bits per heavy atom. The first kappa shape index (κ1) is 29.1. The lowest BCUT2D eigenvalue weighted by atomic mass is 9.97. The van der Waals surface area contributed by atoms with Gasteiger partial charge in [-0.2, -0.15) is 0 Å². The highest BCUT2D eigenvalue weighted by Crippen LogP contribution is 2.13. The van der Waals surface area contributed by atoms with E-state index in [2.05, 4.69) is 16.0 Å². The second-order valence-electron chi connectivity index (χ2n) is 9.65. The molecule has 0 aliphatic heterocycles. The minimum atomic E-state index is -1.08. The van der Waals surface area contributed by atoms with Gasteiger partial charge in [-0.15, -0.1) is 0 Å². The number of benzene rings is 3. The number of carbonyl (C=O) groups is 4. The fourth-order valence-electron chi connectivity index (χ4n) is 3.99. The van der Waals surface area contributed by atoms with Crippen molar-refractivity contribution in [2.75, 3.05) is 0 Å². The summed E-state index contributed by atoms with van der Waals surface area (Å²) in [4.78, 5) is 51.9. The molecule has 0 spiro atoms. The van der Waals surface area contributed by atoms with Crippen LogP contribution in [0.2, 0.25) is 0 Å². The van der Waals surface area contributed by atoms with Gasteiger partial charge < -0.3 is 20.7 Å². The molecule has 204 valence electrons. The number of ketones is 1. The van der Waals surface area contributed by atoms with E-state index in [1.807, 2.05) is 91.0 Å². The predicted molar refractivity (Wildman–Crippen MR) is 148 cm³/mol. The number of nitrogens with one attached hydrogen (secondary N) is 3. The van der Waals surface area contributed by atoms with Gasteiger partial charge in [-0.1, -0.05) is 105 Å². The average molecular weight is 530 g/mol. The molecular formula is C31H35N3O5. The number of ether oxygens (including phenoxy) is 1. The lowest BCUT2D eigenvalue weighted by Crippen LogP contribution is -2.56. The SMILES string of the molecule is CC(C)[C@H](NC(=O)[C@H](Cc1ccccc1)NC(=O)OCc1ccccc1)C(=O)C(=O)N[C@H](C)c1ccccc1. The molecule has 8 nitrogen and oxygen atoms in total. The molecule has 3 N–H and O–H groups in total. The Hall–Kier alpha value is -4.46. The van der Waals surface area contributed by atoms with Gasteiger partial charge >= 0.3 is 6.09 Å². The number of hydrogen-bond acceptors (Lipinski definition) is 5. The summed E-state index contributed by atoms with van der Waals surface area (Å²) < 4.78 is 5.31. The molecule has 0 bridgehead atoms. The summed E-state index contributed by atoms with van der Waals surface area (Å²) in [5, 5.41) is 8.02. The largest absolute Gasteiger partial charge is 0.445 e. The van der Waals surface area contributed by atoms with Crippen LogP contribution in [0.1, 0.15) is 43.5 Å². The highest BCUT2D eigenvalue weighted by atomic mass is 16.5. The highest BCUT2D eigenvalue weighted by molar-refractivity contribution is 6.38. The molecule has 8 heteroatoms. The van der Waals surface area contributed by atoms with Crippen molar-refractivity contribution in [1.29, 1.82) is 0 Å². The number of amides is 3. The van der Waals surface area contributed by atoms with Gasteiger partial charge in [0.15, 0.2) is 0 Å².